The van der Waals surface area contributed by atoms with E-state index in [0.29, 0.717) is 33.8 Å². The van der Waals surface area contributed by atoms with Crippen molar-refractivity contribution in [3.63, 3.8) is 0 Å². The van der Waals surface area contributed by atoms with E-state index in [2.05, 4.69) is 15.6 Å². The van der Waals surface area contributed by atoms with Gasteiger partial charge >= 0.3 is 5.97 Å². The second-order valence-electron chi connectivity index (χ2n) is 10.6. The SMILES string of the molecule is CCOC(=O)c1cccc(N(C(=O)Cn2nnc3ccccc32)C(C(=O)NC2CCCCC2)c2ccc(OC)c(OC)c2)c1. The Bertz CT molecular complexity index is 1630. The molecule has 1 aliphatic carbocycles. The number of hydrogen-bond acceptors (Lipinski definition) is 8. The molecule has 0 spiro atoms. The molecule has 5 rings (SSSR count). The van der Waals surface area contributed by atoms with Crippen molar-refractivity contribution in [2.24, 2.45) is 0 Å². The maximum absolute atomic E-state index is 14.4. The molecule has 1 aromatic heterocycles. The van der Waals surface area contributed by atoms with Gasteiger partial charge in [-0.05, 0) is 67.8 Å². The minimum Gasteiger partial charge on any atom is -0.493 e. The van der Waals surface area contributed by atoms with Crippen molar-refractivity contribution in [3.05, 3.63) is 77.9 Å². The molecule has 1 heterocycles. The zero-order valence-electron chi connectivity index (χ0n) is 25.2. The van der Waals surface area contributed by atoms with Gasteiger partial charge in [0.2, 0.25) is 11.8 Å². The molecule has 11 nitrogen and oxygen atoms in total. The molecular weight excluding hydrogens is 562 g/mol. The molecule has 1 N–H and O–H groups in total. The molecule has 4 aromatic rings. The van der Waals surface area contributed by atoms with E-state index in [1.54, 1.807) is 49.4 Å². The van der Waals surface area contributed by atoms with Gasteiger partial charge in [-0.2, -0.15) is 0 Å². The number of nitrogens with zero attached hydrogens (tertiary/aromatic N) is 4. The highest BCUT2D eigenvalue weighted by molar-refractivity contribution is 6.02. The fourth-order valence-corrected chi connectivity index (χ4v) is 5.64. The smallest absolute Gasteiger partial charge is 0.338 e. The average Bonchev–Trinajstić information content (AvgIpc) is 3.46. The molecule has 0 aliphatic heterocycles. The molecule has 230 valence electrons. The van der Waals surface area contributed by atoms with Crippen LogP contribution in [0.1, 0.15) is 61.0 Å². The highest BCUT2D eigenvalue weighted by Gasteiger charge is 2.35. The van der Waals surface area contributed by atoms with Crippen LogP contribution in [0.3, 0.4) is 0 Å². The third-order valence-electron chi connectivity index (χ3n) is 7.79. The van der Waals surface area contributed by atoms with E-state index in [1.807, 2.05) is 24.3 Å². The van der Waals surface area contributed by atoms with Crippen LogP contribution in [0.15, 0.2) is 66.7 Å². The molecule has 11 heteroatoms. The van der Waals surface area contributed by atoms with Crippen LogP contribution in [0.2, 0.25) is 0 Å². The molecule has 1 aliphatic rings. The number of aromatic nitrogens is 3. The quantitative estimate of drug-likeness (QED) is 0.243. The van der Waals surface area contributed by atoms with E-state index in [4.69, 9.17) is 14.2 Å². The zero-order chi connectivity index (χ0) is 31.1. The fraction of sp³-hybridized carbons (Fsp3) is 0.364. The zero-order valence-corrected chi connectivity index (χ0v) is 25.2. The molecular formula is C33H37N5O6. The van der Waals surface area contributed by atoms with E-state index in [1.165, 1.54) is 23.8 Å². The number of carbonyl (C=O) groups is 3. The maximum atomic E-state index is 14.4. The number of anilines is 1. The van der Waals surface area contributed by atoms with Gasteiger partial charge in [0.25, 0.3) is 0 Å². The van der Waals surface area contributed by atoms with Gasteiger partial charge < -0.3 is 19.5 Å². The lowest BCUT2D eigenvalue weighted by Gasteiger charge is -2.34. The summed E-state index contributed by atoms with van der Waals surface area (Å²) in [6.07, 6.45) is 4.90. The molecule has 0 saturated heterocycles. The molecule has 3 aromatic carbocycles. The summed E-state index contributed by atoms with van der Waals surface area (Å²) in [4.78, 5) is 42.9. The number of carbonyl (C=O) groups excluding carboxylic acids is 3. The normalized spacial score (nSPS) is 14.1. The summed E-state index contributed by atoms with van der Waals surface area (Å²) in [7, 11) is 3.05. The van der Waals surface area contributed by atoms with Gasteiger partial charge in [0.15, 0.2) is 11.5 Å². The summed E-state index contributed by atoms with van der Waals surface area (Å²) in [5, 5.41) is 11.6. The van der Waals surface area contributed by atoms with E-state index < -0.39 is 17.9 Å². The summed E-state index contributed by atoms with van der Waals surface area (Å²) >= 11 is 0. The van der Waals surface area contributed by atoms with Crippen molar-refractivity contribution < 1.29 is 28.6 Å². The topological polar surface area (TPSA) is 125 Å². The predicted molar refractivity (Wildman–Crippen MR) is 165 cm³/mol. The van der Waals surface area contributed by atoms with Crippen LogP contribution in [0.5, 0.6) is 11.5 Å². The van der Waals surface area contributed by atoms with Gasteiger partial charge in [-0.3, -0.25) is 14.5 Å². The Hall–Kier alpha value is -4.93. The molecule has 0 bridgehead atoms. The number of fused-ring (bicyclic) bond motifs is 1. The highest BCUT2D eigenvalue weighted by atomic mass is 16.5. The van der Waals surface area contributed by atoms with E-state index in [0.717, 1.165) is 32.1 Å². The van der Waals surface area contributed by atoms with Gasteiger partial charge in [0.05, 0.1) is 31.9 Å². The third-order valence-corrected chi connectivity index (χ3v) is 7.79. The number of amides is 2. The fourth-order valence-electron chi connectivity index (χ4n) is 5.64. The Morgan fingerprint density at radius 3 is 2.48 bits per heavy atom. The van der Waals surface area contributed by atoms with E-state index >= 15 is 0 Å². The van der Waals surface area contributed by atoms with Gasteiger partial charge in [-0.15, -0.1) is 5.10 Å². The molecule has 2 amide bonds. The Morgan fingerprint density at radius 2 is 1.73 bits per heavy atom. The maximum Gasteiger partial charge on any atom is 0.338 e. The number of benzene rings is 3. The minimum absolute atomic E-state index is 0.0130. The van der Waals surface area contributed by atoms with Crippen molar-refractivity contribution in [2.75, 3.05) is 25.7 Å². The molecule has 1 saturated carbocycles. The number of methoxy groups -OCH3 is 2. The van der Waals surface area contributed by atoms with Crippen molar-refractivity contribution in [3.8, 4) is 11.5 Å². The second kappa shape index (κ2) is 14.0. The Morgan fingerprint density at radius 1 is 0.955 bits per heavy atom. The number of rotatable bonds is 11. The lowest BCUT2D eigenvalue weighted by Crippen LogP contribution is -2.48. The first-order chi connectivity index (χ1) is 21.4. The lowest BCUT2D eigenvalue weighted by atomic mass is 9.94. The first-order valence-electron chi connectivity index (χ1n) is 14.8. The van der Waals surface area contributed by atoms with Crippen LogP contribution in [-0.2, 0) is 20.9 Å². The molecule has 44 heavy (non-hydrogen) atoms. The van der Waals surface area contributed by atoms with Crippen molar-refractivity contribution >= 4 is 34.5 Å². The first kappa shape index (κ1) is 30.5. The first-order valence-corrected chi connectivity index (χ1v) is 14.8. The van der Waals surface area contributed by atoms with Crippen molar-refractivity contribution in [1.29, 1.82) is 0 Å². The van der Waals surface area contributed by atoms with E-state index in [-0.39, 0.29) is 30.7 Å². The molecule has 1 atom stereocenters. The summed E-state index contributed by atoms with van der Waals surface area (Å²) in [6.45, 7) is 1.72. The number of esters is 1. The van der Waals surface area contributed by atoms with E-state index in [9.17, 15) is 14.4 Å². The minimum atomic E-state index is -1.11. The van der Waals surface area contributed by atoms with Gasteiger partial charge in [-0.1, -0.05) is 48.7 Å². The monoisotopic (exact) mass is 599 g/mol. The Labute approximate surface area is 256 Å². The van der Waals surface area contributed by atoms with Crippen LogP contribution in [-0.4, -0.2) is 59.6 Å². The van der Waals surface area contributed by atoms with Gasteiger partial charge in [0, 0.05) is 11.7 Å². The molecule has 1 unspecified atom stereocenters. The van der Waals surface area contributed by atoms with Crippen LogP contribution >= 0.6 is 0 Å². The summed E-state index contributed by atoms with van der Waals surface area (Å²) in [5.74, 6) is -0.407. The number of para-hydroxylation sites is 1. The predicted octanol–water partition coefficient (Wildman–Crippen LogP) is 4.85. The molecule has 0 radical (unpaired) electrons. The Kier molecular flexibility index (Phi) is 9.73. The molecule has 1 fully saturated rings. The lowest BCUT2D eigenvalue weighted by molar-refractivity contribution is -0.127. The number of nitrogens with one attached hydrogen (secondary N) is 1. The summed E-state index contributed by atoms with van der Waals surface area (Å²) in [5.41, 5.74) is 2.43. The third kappa shape index (κ3) is 6.66. The van der Waals surface area contributed by atoms with Crippen molar-refractivity contribution in [2.45, 2.75) is 57.7 Å². The van der Waals surface area contributed by atoms with Crippen LogP contribution in [0.4, 0.5) is 5.69 Å². The van der Waals surface area contributed by atoms with Crippen molar-refractivity contribution in [1.82, 2.24) is 20.3 Å². The number of ether oxygens (including phenoxy) is 3. The van der Waals surface area contributed by atoms with Crippen LogP contribution < -0.4 is 19.7 Å². The Balaban J connectivity index is 1.63. The average molecular weight is 600 g/mol. The van der Waals surface area contributed by atoms with Crippen LogP contribution in [0, 0.1) is 0 Å². The number of hydrogen-bond donors (Lipinski definition) is 1. The largest absolute Gasteiger partial charge is 0.493 e. The van der Waals surface area contributed by atoms with Gasteiger partial charge in [0.1, 0.15) is 18.1 Å². The highest BCUT2D eigenvalue weighted by Crippen LogP contribution is 2.35. The standard InChI is InChI=1S/C33H37N5O6/c1-4-44-33(41)23-11-10-14-25(19-23)38(30(39)21-37-27-16-9-8-15-26(27)35-36-37)31(32(40)34-24-12-6-5-7-13-24)22-17-18-28(42-2)29(20-22)43-3/h8-11,14-20,24,31H,4-7,12-13,21H2,1-3H3,(H,34,40). The summed E-state index contributed by atoms with van der Waals surface area (Å²) in [6, 6.07) is 17.9. The second-order valence-corrected chi connectivity index (χ2v) is 10.6. The van der Waals surface area contributed by atoms with Gasteiger partial charge in [-0.25, -0.2) is 9.48 Å². The summed E-state index contributed by atoms with van der Waals surface area (Å²) < 4.78 is 17.8. The van der Waals surface area contributed by atoms with Crippen LogP contribution in [0.25, 0.3) is 11.0 Å².